The molecule has 0 fully saturated rings. The number of esters is 1. The lowest BCUT2D eigenvalue weighted by molar-refractivity contribution is -0.115. The predicted molar refractivity (Wildman–Crippen MR) is 223 cm³/mol. The molecule has 0 aliphatic rings. The fourth-order valence-electron chi connectivity index (χ4n) is 6.68. The van der Waals surface area contributed by atoms with Crippen LogP contribution in [0.2, 0.25) is 5.02 Å². The van der Waals surface area contributed by atoms with Gasteiger partial charge < -0.3 is 14.8 Å². The number of ether oxygens (including phenoxy) is 2. The minimum atomic E-state index is -0.514. The molecule has 0 saturated heterocycles. The van der Waals surface area contributed by atoms with Gasteiger partial charge in [0.2, 0.25) is 5.91 Å². The van der Waals surface area contributed by atoms with E-state index in [1.807, 2.05) is 6.07 Å². The summed E-state index contributed by atoms with van der Waals surface area (Å²) in [6.07, 6.45) is 32.7. The molecule has 2 aromatic rings. The maximum Gasteiger partial charge on any atom is 0.338 e. The Kier molecular flexibility index (Phi) is 27.5. The van der Waals surface area contributed by atoms with Crippen molar-refractivity contribution in [3.8, 4) is 5.75 Å². The van der Waals surface area contributed by atoms with E-state index in [4.69, 9.17) is 21.1 Å². The molecule has 0 aromatic heterocycles. The molecule has 0 radical (unpaired) electrons. The van der Waals surface area contributed by atoms with Crippen molar-refractivity contribution in [3.63, 3.8) is 0 Å². The molecule has 1 amide bonds. The Hall–Kier alpha value is -2.86. The molecule has 0 aliphatic heterocycles. The third kappa shape index (κ3) is 22.8. The standard InChI is InChI=1S/C46H72ClNO5/c1-3-5-7-9-11-13-15-16-17-18-19-20-22-23-25-29-35-52-44-32-28-27-31-40(44)43(49)38-45(50)48-42-37-39(33-34-41(42)47)46(51)53-36-30-26-24-21-14-12-10-8-6-4-2/h27-28,31-34,37H,3-26,29-30,35-36,38H2,1-2H3,(H,48,50). The Morgan fingerprint density at radius 1 is 0.566 bits per heavy atom. The number of halogens is 1. The van der Waals surface area contributed by atoms with E-state index in [0.717, 1.165) is 32.1 Å². The normalized spacial score (nSPS) is 11.1. The summed E-state index contributed by atoms with van der Waals surface area (Å²) in [5, 5.41) is 2.98. The number of para-hydroxylation sites is 1. The number of unbranched alkanes of at least 4 members (excludes halogenated alkanes) is 24. The second-order valence-electron chi connectivity index (χ2n) is 14.8. The molecule has 0 saturated carbocycles. The summed E-state index contributed by atoms with van der Waals surface area (Å²) in [6, 6.07) is 11.7. The summed E-state index contributed by atoms with van der Waals surface area (Å²) >= 11 is 6.34. The van der Waals surface area contributed by atoms with Crippen molar-refractivity contribution in [2.45, 2.75) is 187 Å². The first-order chi connectivity index (χ1) is 26.0. The van der Waals surface area contributed by atoms with Crippen molar-refractivity contribution >= 4 is 34.9 Å². The lowest BCUT2D eigenvalue weighted by Gasteiger charge is -2.12. The van der Waals surface area contributed by atoms with Crippen LogP contribution in [-0.2, 0) is 9.53 Å². The highest BCUT2D eigenvalue weighted by Gasteiger charge is 2.18. The van der Waals surface area contributed by atoms with Crippen molar-refractivity contribution in [1.29, 1.82) is 0 Å². The highest BCUT2D eigenvalue weighted by atomic mass is 35.5. The van der Waals surface area contributed by atoms with Crippen molar-refractivity contribution < 1.29 is 23.9 Å². The number of benzene rings is 2. The van der Waals surface area contributed by atoms with Gasteiger partial charge in [0.1, 0.15) is 5.75 Å². The number of carbonyl (C=O) groups excluding carboxylic acids is 3. The van der Waals surface area contributed by atoms with Gasteiger partial charge in [-0.1, -0.05) is 192 Å². The third-order valence-electron chi connectivity index (χ3n) is 9.97. The first-order valence-electron chi connectivity index (χ1n) is 21.5. The number of nitrogens with one attached hydrogen (secondary N) is 1. The third-order valence-corrected chi connectivity index (χ3v) is 10.3. The van der Waals surface area contributed by atoms with Gasteiger partial charge in [0.05, 0.1) is 41.5 Å². The summed E-state index contributed by atoms with van der Waals surface area (Å²) in [6.45, 7) is 5.40. The van der Waals surface area contributed by atoms with E-state index in [0.29, 0.717) is 30.1 Å². The summed E-state index contributed by atoms with van der Waals surface area (Å²) in [4.78, 5) is 38.7. The number of rotatable bonds is 34. The fourth-order valence-corrected chi connectivity index (χ4v) is 6.84. The van der Waals surface area contributed by atoms with Crippen LogP contribution in [0.1, 0.15) is 208 Å². The van der Waals surface area contributed by atoms with Crippen LogP contribution in [0.4, 0.5) is 5.69 Å². The van der Waals surface area contributed by atoms with E-state index >= 15 is 0 Å². The zero-order valence-corrected chi connectivity index (χ0v) is 34.2. The van der Waals surface area contributed by atoms with Gasteiger partial charge in [-0.2, -0.15) is 0 Å². The van der Waals surface area contributed by atoms with Gasteiger partial charge in [0.15, 0.2) is 5.78 Å². The number of carbonyl (C=O) groups is 3. The number of hydrogen-bond donors (Lipinski definition) is 1. The van der Waals surface area contributed by atoms with E-state index in [-0.39, 0.29) is 22.9 Å². The van der Waals surface area contributed by atoms with E-state index in [2.05, 4.69) is 19.2 Å². The molecular formula is C46H72ClNO5. The molecule has 2 aromatic carbocycles. The fraction of sp³-hybridized carbons (Fsp3) is 0.674. The van der Waals surface area contributed by atoms with Crippen molar-refractivity contribution in [3.05, 3.63) is 58.6 Å². The van der Waals surface area contributed by atoms with Gasteiger partial charge in [0, 0.05) is 0 Å². The Morgan fingerprint density at radius 2 is 1.02 bits per heavy atom. The van der Waals surface area contributed by atoms with Gasteiger partial charge >= 0.3 is 5.97 Å². The van der Waals surface area contributed by atoms with Gasteiger partial charge in [-0.15, -0.1) is 0 Å². The van der Waals surface area contributed by atoms with Crippen LogP contribution < -0.4 is 10.1 Å². The van der Waals surface area contributed by atoms with Crippen LogP contribution in [0.5, 0.6) is 5.75 Å². The Morgan fingerprint density at radius 3 is 1.53 bits per heavy atom. The molecule has 0 aliphatic carbocycles. The van der Waals surface area contributed by atoms with Crippen LogP contribution in [-0.4, -0.2) is 30.9 Å². The zero-order chi connectivity index (χ0) is 38.2. The number of anilines is 1. The molecule has 0 unspecified atom stereocenters. The molecule has 6 nitrogen and oxygen atoms in total. The molecule has 1 N–H and O–H groups in total. The van der Waals surface area contributed by atoms with Crippen molar-refractivity contribution in [1.82, 2.24) is 0 Å². The molecule has 0 spiro atoms. The molecule has 53 heavy (non-hydrogen) atoms. The highest BCUT2D eigenvalue weighted by Crippen LogP contribution is 2.25. The van der Waals surface area contributed by atoms with E-state index < -0.39 is 11.9 Å². The topological polar surface area (TPSA) is 81.7 Å². The molecule has 2 rings (SSSR count). The zero-order valence-electron chi connectivity index (χ0n) is 33.5. The van der Waals surface area contributed by atoms with Crippen molar-refractivity contribution in [2.24, 2.45) is 0 Å². The van der Waals surface area contributed by atoms with Gasteiger partial charge in [-0.25, -0.2) is 4.79 Å². The minimum absolute atomic E-state index is 0.269. The summed E-state index contributed by atoms with van der Waals surface area (Å²) < 4.78 is 11.5. The second-order valence-corrected chi connectivity index (χ2v) is 15.2. The molecule has 0 atom stereocenters. The van der Waals surface area contributed by atoms with E-state index in [1.54, 1.807) is 30.3 Å². The summed E-state index contributed by atoms with van der Waals surface area (Å²) in [7, 11) is 0. The SMILES string of the molecule is CCCCCCCCCCCCCCCCCCOc1ccccc1C(=O)CC(=O)Nc1cc(C(=O)OCCCCCCCCCCCC)ccc1Cl. The minimum Gasteiger partial charge on any atom is -0.493 e. The van der Waals surface area contributed by atoms with Crippen LogP contribution >= 0.6 is 11.6 Å². The number of amides is 1. The quantitative estimate of drug-likeness (QED) is 0.0333. The average Bonchev–Trinajstić information content (AvgIpc) is 3.16. The predicted octanol–water partition coefficient (Wildman–Crippen LogP) is 14.3. The van der Waals surface area contributed by atoms with Crippen LogP contribution in [0, 0.1) is 0 Å². The number of Topliss-reactive ketones (excluding diaryl/α,β-unsaturated/α-hetero) is 1. The smallest absolute Gasteiger partial charge is 0.338 e. The highest BCUT2D eigenvalue weighted by molar-refractivity contribution is 6.34. The van der Waals surface area contributed by atoms with Crippen LogP contribution in [0.15, 0.2) is 42.5 Å². The van der Waals surface area contributed by atoms with Gasteiger partial charge in [-0.05, 0) is 43.2 Å². The van der Waals surface area contributed by atoms with Crippen molar-refractivity contribution in [2.75, 3.05) is 18.5 Å². The average molecular weight is 755 g/mol. The lowest BCUT2D eigenvalue weighted by Crippen LogP contribution is -2.18. The molecule has 298 valence electrons. The van der Waals surface area contributed by atoms with Crippen LogP contribution in [0.25, 0.3) is 0 Å². The Labute approximate surface area is 327 Å². The number of hydrogen-bond acceptors (Lipinski definition) is 5. The first kappa shape index (κ1) is 46.3. The lowest BCUT2D eigenvalue weighted by atomic mass is 10.0. The molecule has 7 heteroatoms. The van der Waals surface area contributed by atoms with Gasteiger partial charge in [0.25, 0.3) is 0 Å². The first-order valence-corrected chi connectivity index (χ1v) is 21.9. The van der Waals surface area contributed by atoms with Gasteiger partial charge in [-0.3, -0.25) is 9.59 Å². The van der Waals surface area contributed by atoms with E-state index in [9.17, 15) is 14.4 Å². The number of ketones is 1. The monoisotopic (exact) mass is 754 g/mol. The Balaban J connectivity index is 1.62. The second kappa shape index (κ2) is 31.5. The van der Waals surface area contributed by atoms with E-state index in [1.165, 1.54) is 141 Å². The molecular weight excluding hydrogens is 682 g/mol. The molecule has 0 bridgehead atoms. The Bertz CT molecular complexity index is 1260. The molecule has 0 heterocycles. The summed E-state index contributed by atoms with van der Waals surface area (Å²) in [5.41, 5.74) is 0.955. The maximum atomic E-state index is 13.1. The largest absolute Gasteiger partial charge is 0.493 e. The van der Waals surface area contributed by atoms with Crippen LogP contribution in [0.3, 0.4) is 0 Å². The maximum absolute atomic E-state index is 13.1. The summed E-state index contributed by atoms with van der Waals surface area (Å²) in [5.74, 6) is -0.815.